The molecule has 0 aliphatic carbocycles. The Bertz CT molecular complexity index is 581. The summed E-state index contributed by atoms with van der Waals surface area (Å²) in [5.74, 6) is -0.622. The summed E-state index contributed by atoms with van der Waals surface area (Å²) >= 11 is 0. The van der Waals surface area contributed by atoms with Gasteiger partial charge in [0.1, 0.15) is 0 Å². The van der Waals surface area contributed by atoms with E-state index in [0.29, 0.717) is 17.2 Å². The molecule has 25 heavy (non-hydrogen) atoms. The van der Waals surface area contributed by atoms with E-state index in [4.69, 9.17) is 5.73 Å². The molecule has 0 fully saturated rings. The first kappa shape index (κ1) is 20.8. The van der Waals surface area contributed by atoms with Gasteiger partial charge in [0, 0.05) is 12.2 Å². The molecule has 1 heterocycles. The molecule has 1 rings (SSSR count). The fourth-order valence-corrected chi connectivity index (χ4v) is 2.38. The highest BCUT2D eigenvalue weighted by molar-refractivity contribution is 5.80. The van der Waals surface area contributed by atoms with Gasteiger partial charge in [0.15, 0.2) is 0 Å². The molecule has 0 bridgehead atoms. The largest absolute Gasteiger partial charge is 0.325 e. The van der Waals surface area contributed by atoms with Gasteiger partial charge in [-0.15, -0.1) is 0 Å². The van der Waals surface area contributed by atoms with Crippen LogP contribution in [0.2, 0.25) is 0 Å². The lowest BCUT2D eigenvalue weighted by Crippen LogP contribution is -2.40. The van der Waals surface area contributed by atoms with Gasteiger partial charge in [-0.25, -0.2) is 15.0 Å². The second-order valence-corrected chi connectivity index (χ2v) is 5.94. The Morgan fingerprint density at radius 1 is 1.36 bits per heavy atom. The quantitative estimate of drug-likeness (QED) is 0.202. The van der Waals surface area contributed by atoms with Crippen molar-refractivity contribution in [2.24, 2.45) is 11.7 Å². The van der Waals surface area contributed by atoms with Crippen LogP contribution in [0.4, 0.5) is 5.95 Å². The summed E-state index contributed by atoms with van der Waals surface area (Å²) in [5.41, 5.74) is 13.3. The lowest BCUT2D eigenvalue weighted by molar-refractivity contribution is -0.154. The van der Waals surface area contributed by atoms with Gasteiger partial charge in [-0.05, 0) is 25.8 Å². The van der Waals surface area contributed by atoms with E-state index in [2.05, 4.69) is 27.7 Å². The van der Waals surface area contributed by atoms with Gasteiger partial charge in [0.2, 0.25) is 18.3 Å². The van der Waals surface area contributed by atoms with E-state index >= 15 is 0 Å². The SMILES string of the molecule is CCCCC[C@H](CN(O)C=O)C(=O)NNc1nc(C)c(C)c(CN)n1. The molecule has 0 unspecified atom stereocenters. The Labute approximate surface area is 147 Å². The van der Waals surface area contributed by atoms with Crippen LogP contribution < -0.4 is 16.6 Å². The van der Waals surface area contributed by atoms with Crippen molar-refractivity contribution in [3.8, 4) is 0 Å². The van der Waals surface area contributed by atoms with Crippen molar-refractivity contribution < 1.29 is 14.8 Å². The number of carbonyl (C=O) groups is 2. The lowest BCUT2D eigenvalue weighted by atomic mass is 10.0. The molecular weight excluding hydrogens is 324 g/mol. The van der Waals surface area contributed by atoms with Gasteiger partial charge in [0.25, 0.3) is 0 Å². The van der Waals surface area contributed by atoms with Crippen LogP contribution in [0.5, 0.6) is 0 Å². The number of nitrogens with two attached hydrogens (primary N) is 1. The number of aryl methyl sites for hydroxylation is 1. The minimum Gasteiger partial charge on any atom is -0.325 e. The summed E-state index contributed by atoms with van der Waals surface area (Å²) in [4.78, 5) is 31.5. The number of nitrogens with zero attached hydrogens (tertiary/aromatic N) is 3. The molecule has 1 aromatic rings. The molecule has 1 aromatic heterocycles. The fraction of sp³-hybridized carbons (Fsp3) is 0.625. The normalized spacial score (nSPS) is 11.7. The Kier molecular flexibility index (Phi) is 8.79. The highest BCUT2D eigenvalue weighted by Gasteiger charge is 2.21. The summed E-state index contributed by atoms with van der Waals surface area (Å²) in [7, 11) is 0. The summed E-state index contributed by atoms with van der Waals surface area (Å²) in [6.45, 7) is 5.99. The van der Waals surface area contributed by atoms with E-state index in [9.17, 15) is 14.8 Å². The number of hydroxylamine groups is 2. The topological polar surface area (TPSA) is 133 Å². The van der Waals surface area contributed by atoms with Crippen molar-refractivity contribution in [1.82, 2.24) is 20.5 Å². The molecule has 5 N–H and O–H groups in total. The number of unbranched alkanes of at least 4 members (excludes halogenated alkanes) is 2. The van der Waals surface area contributed by atoms with E-state index < -0.39 is 5.92 Å². The molecule has 140 valence electrons. The van der Waals surface area contributed by atoms with Crippen LogP contribution in [-0.4, -0.2) is 39.1 Å². The summed E-state index contributed by atoms with van der Waals surface area (Å²) in [6, 6.07) is 0. The third kappa shape index (κ3) is 6.63. The van der Waals surface area contributed by atoms with E-state index in [0.717, 1.165) is 30.5 Å². The molecule has 0 saturated heterocycles. The van der Waals surface area contributed by atoms with Crippen molar-refractivity contribution in [1.29, 1.82) is 0 Å². The van der Waals surface area contributed by atoms with Gasteiger partial charge in [-0.1, -0.05) is 26.2 Å². The molecule has 9 nitrogen and oxygen atoms in total. The predicted octanol–water partition coefficient (Wildman–Crippen LogP) is 1.04. The summed E-state index contributed by atoms with van der Waals surface area (Å²) < 4.78 is 0. The highest BCUT2D eigenvalue weighted by atomic mass is 16.5. The van der Waals surface area contributed by atoms with Crippen molar-refractivity contribution in [3.05, 3.63) is 17.0 Å². The lowest BCUT2D eigenvalue weighted by Gasteiger charge is -2.20. The summed E-state index contributed by atoms with van der Waals surface area (Å²) in [6.07, 6.45) is 3.67. The van der Waals surface area contributed by atoms with E-state index in [1.807, 2.05) is 13.8 Å². The van der Waals surface area contributed by atoms with Crippen LogP contribution in [0, 0.1) is 19.8 Å². The Morgan fingerprint density at radius 2 is 2.08 bits per heavy atom. The van der Waals surface area contributed by atoms with Crippen molar-refractivity contribution in [2.45, 2.75) is 53.0 Å². The van der Waals surface area contributed by atoms with Crippen LogP contribution in [0.25, 0.3) is 0 Å². The number of hydrogen-bond donors (Lipinski definition) is 4. The van der Waals surface area contributed by atoms with Crippen LogP contribution in [0.1, 0.15) is 49.6 Å². The van der Waals surface area contributed by atoms with Crippen molar-refractivity contribution in [3.63, 3.8) is 0 Å². The Balaban J connectivity index is 2.72. The summed E-state index contributed by atoms with van der Waals surface area (Å²) in [5, 5.41) is 9.86. The van der Waals surface area contributed by atoms with Gasteiger partial charge < -0.3 is 5.73 Å². The first-order valence-electron chi connectivity index (χ1n) is 8.43. The van der Waals surface area contributed by atoms with Gasteiger partial charge in [-0.3, -0.25) is 25.6 Å². The smallest absolute Gasteiger partial charge is 0.243 e. The maximum Gasteiger partial charge on any atom is 0.243 e. The second kappa shape index (κ2) is 10.6. The first-order valence-corrected chi connectivity index (χ1v) is 8.43. The molecule has 0 aromatic carbocycles. The van der Waals surface area contributed by atoms with Gasteiger partial charge in [0.05, 0.1) is 18.2 Å². The number of carbonyl (C=O) groups excluding carboxylic acids is 2. The fourth-order valence-electron chi connectivity index (χ4n) is 2.38. The van der Waals surface area contributed by atoms with Gasteiger partial charge >= 0.3 is 0 Å². The minimum atomic E-state index is -0.533. The maximum atomic E-state index is 12.4. The molecule has 0 saturated carbocycles. The Hall–Kier alpha value is -2.26. The standard InChI is InChI=1S/C16H28N6O3/c1-4-5-6-7-13(9-22(25)10-23)15(24)20-21-16-18-12(3)11(2)14(8-17)19-16/h10,13,25H,4-9,17H2,1-3H3,(H,20,24)(H,18,19,21)/t13-/m1/s1. The van der Waals surface area contributed by atoms with Crippen molar-refractivity contribution >= 4 is 18.3 Å². The third-order valence-electron chi connectivity index (χ3n) is 4.04. The van der Waals surface area contributed by atoms with E-state index in [1.54, 1.807) is 0 Å². The zero-order valence-corrected chi connectivity index (χ0v) is 15.1. The van der Waals surface area contributed by atoms with Crippen LogP contribution in [0.3, 0.4) is 0 Å². The average Bonchev–Trinajstić information content (AvgIpc) is 2.61. The van der Waals surface area contributed by atoms with Crippen LogP contribution in [0.15, 0.2) is 0 Å². The van der Waals surface area contributed by atoms with Crippen LogP contribution >= 0.6 is 0 Å². The second-order valence-electron chi connectivity index (χ2n) is 5.94. The maximum absolute atomic E-state index is 12.4. The molecule has 2 amide bonds. The average molecular weight is 352 g/mol. The molecule has 0 aliphatic rings. The van der Waals surface area contributed by atoms with Crippen molar-refractivity contribution in [2.75, 3.05) is 12.0 Å². The minimum absolute atomic E-state index is 0.0669. The molecule has 0 spiro atoms. The number of nitrogens with one attached hydrogen (secondary N) is 2. The molecule has 0 radical (unpaired) electrons. The van der Waals surface area contributed by atoms with Crippen LogP contribution in [-0.2, 0) is 16.1 Å². The van der Waals surface area contributed by atoms with E-state index in [1.165, 1.54) is 0 Å². The zero-order chi connectivity index (χ0) is 18.8. The Morgan fingerprint density at radius 3 is 2.68 bits per heavy atom. The highest BCUT2D eigenvalue weighted by Crippen LogP contribution is 2.13. The predicted molar refractivity (Wildman–Crippen MR) is 93.4 cm³/mol. The number of aromatic nitrogens is 2. The zero-order valence-electron chi connectivity index (χ0n) is 15.1. The van der Waals surface area contributed by atoms with Gasteiger partial charge in [-0.2, -0.15) is 0 Å². The number of anilines is 1. The molecule has 9 heteroatoms. The van der Waals surface area contributed by atoms with E-state index in [-0.39, 0.29) is 31.4 Å². The first-order chi connectivity index (χ1) is 11.9. The number of hydrogen-bond acceptors (Lipinski definition) is 7. The molecular formula is C16H28N6O3. The monoisotopic (exact) mass is 352 g/mol. The number of amides is 2. The molecule has 1 atom stereocenters. The molecule has 0 aliphatic heterocycles. The number of rotatable bonds is 11. The number of hydrazine groups is 1. The third-order valence-corrected chi connectivity index (χ3v) is 4.04.